The third-order valence-electron chi connectivity index (χ3n) is 6.03. The van der Waals surface area contributed by atoms with E-state index < -0.39 is 16.6 Å². The molecule has 4 rings (SSSR count). The second kappa shape index (κ2) is 6.61. The maximum absolute atomic E-state index is 13.4. The highest BCUT2D eigenvalue weighted by Gasteiger charge is 2.62. The summed E-state index contributed by atoms with van der Waals surface area (Å²) in [5, 5.41) is 9.61. The Labute approximate surface area is 162 Å². The van der Waals surface area contributed by atoms with E-state index in [-0.39, 0.29) is 11.8 Å². The van der Waals surface area contributed by atoms with Crippen molar-refractivity contribution in [3.63, 3.8) is 0 Å². The zero-order chi connectivity index (χ0) is 19.2. The molecule has 140 valence electrons. The predicted molar refractivity (Wildman–Crippen MR) is 103 cm³/mol. The Hall–Kier alpha value is -2.46. The zero-order valence-corrected chi connectivity index (χ0v) is 15.9. The van der Waals surface area contributed by atoms with Crippen LogP contribution in [0.1, 0.15) is 32.1 Å². The summed E-state index contributed by atoms with van der Waals surface area (Å²) in [6, 6.07) is 9.16. The Bertz CT molecular complexity index is 865. The van der Waals surface area contributed by atoms with E-state index in [1.165, 1.54) is 16.7 Å². The SMILES string of the molecule is COc1ccc(N2C(=O)C3SC(N)=C(C#N)C4(CCCCC4)C3C2=O)cc1. The van der Waals surface area contributed by atoms with Crippen LogP contribution in [0.25, 0.3) is 0 Å². The number of amides is 2. The standard InChI is InChI=1S/C20H21N3O3S/c1-26-13-7-5-12(6-8-13)23-18(24)15-16(19(23)25)27-17(22)14(11-21)20(15)9-3-2-4-10-20/h5-8,15-16H,2-4,9-10,22H2,1H3. The summed E-state index contributed by atoms with van der Waals surface area (Å²) in [6.07, 6.45) is 4.42. The predicted octanol–water partition coefficient (Wildman–Crippen LogP) is 2.94. The molecule has 1 saturated carbocycles. The van der Waals surface area contributed by atoms with E-state index in [1.54, 1.807) is 31.4 Å². The number of nitrogens with two attached hydrogens (primary N) is 1. The normalized spacial score (nSPS) is 26.9. The number of carbonyl (C=O) groups is 2. The molecule has 1 spiro atoms. The van der Waals surface area contributed by atoms with Crippen molar-refractivity contribution >= 4 is 29.3 Å². The lowest BCUT2D eigenvalue weighted by Crippen LogP contribution is -2.46. The highest BCUT2D eigenvalue weighted by atomic mass is 32.2. The number of hydrogen-bond donors (Lipinski definition) is 1. The second-order valence-electron chi connectivity index (χ2n) is 7.29. The van der Waals surface area contributed by atoms with E-state index in [9.17, 15) is 14.9 Å². The van der Waals surface area contributed by atoms with Gasteiger partial charge in [0.15, 0.2) is 0 Å². The third-order valence-corrected chi connectivity index (χ3v) is 7.22. The number of ether oxygens (including phenoxy) is 1. The lowest BCUT2D eigenvalue weighted by atomic mass is 9.61. The number of methoxy groups -OCH3 is 1. The molecule has 2 amide bonds. The van der Waals surface area contributed by atoms with Gasteiger partial charge in [-0.05, 0) is 37.1 Å². The topological polar surface area (TPSA) is 96.4 Å². The van der Waals surface area contributed by atoms with E-state index in [0.29, 0.717) is 22.0 Å². The summed E-state index contributed by atoms with van der Waals surface area (Å²) in [4.78, 5) is 27.9. The molecular formula is C20H21N3O3S. The van der Waals surface area contributed by atoms with Gasteiger partial charge >= 0.3 is 0 Å². The maximum atomic E-state index is 13.4. The number of rotatable bonds is 2. The second-order valence-corrected chi connectivity index (χ2v) is 8.48. The molecule has 1 aliphatic carbocycles. The molecule has 0 radical (unpaired) electrons. The molecule has 0 bridgehead atoms. The number of allylic oxidation sites excluding steroid dienone is 1. The molecule has 2 aliphatic heterocycles. The van der Waals surface area contributed by atoms with Crippen LogP contribution in [0.5, 0.6) is 5.75 Å². The lowest BCUT2D eigenvalue weighted by Gasteiger charge is -2.45. The molecule has 2 N–H and O–H groups in total. The first-order chi connectivity index (χ1) is 13.0. The number of nitrogens with zero attached hydrogens (tertiary/aromatic N) is 2. The fourth-order valence-corrected chi connectivity index (χ4v) is 6.14. The molecule has 0 aromatic heterocycles. The number of thioether (sulfide) groups is 1. The Morgan fingerprint density at radius 3 is 2.44 bits per heavy atom. The van der Waals surface area contributed by atoms with Crippen LogP contribution in [0.2, 0.25) is 0 Å². The van der Waals surface area contributed by atoms with Crippen LogP contribution in [-0.4, -0.2) is 24.2 Å². The van der Waals surface area contributed by atoms with E-state index in [1.807, 2.05) is 0 Å². The minimum atomic E-state index is -0.610. The minimum Gasteiger partial charge on any atom is -0.497 e. The van der Waals surface area contributed by atoms with Crippen molar-refractivity contribution in [2.75, 3.05) is 12.0 Å². The molecule has 6 nitrogen and oxygen atoms in total. The van der Waals surface area contributed by atoms with E-state index in [2.05, 4.69) is 6.07 Å². The molecule has 2 atom stereocenters. The Kier molecular flexibility index (Phi) is 4.39. The number of anilines is 1. The van der Waals surface area contributed by atoms with Crippen molar-refractivity contribution in [3.05, 3.63) is 34.9 Å². The van der Waals surface area contributed by atoms with Crippen molar-refractivity contribution in [1.82, 2.24) is 0 Å². The summed E-state index contributed by atoms with van der Waals surface area (Å²) >= 11 is 1.17. The summed E-state index contributed by atoms with van der Waals surface area (Å²) in [6.45, 7) is 0. The van der Waals surface area contributed by atoms with Crippen molar-refractivity contribution in [2.45, 2.75) is 37.4 Å². The van der Waals surface area contributed by atoms with Gasteiger partial charge in [0, 0.05) is 5.41 Å². The summed E-state index contributed by atoms with van der Waals surface area (Å²) in [7, 11) is 1.57. The Balaban J connectivity index is 1.78. The molecule has 2 heterocycles. The Morgan fingerprint density at radius 1 is 1.19 bits per heavy atom. The first-order valence-electron chi connectivity index (χ1n) is 9.12. The van der Waals surface area contributed by atoms with Gasteiger partial charge in [-0.25, -0.2) is 4.90 Å². The van der Waals surface area contributed by atoms with Crippen molar-refractivity contribution in [2.24, 2.45) is 17.1 Å². The maximum Gasteiger partial charge on any atom is 0.248 e. The fourth-order valence-electron chi connectivity index (χ4n) is 4.78. The summed E-state index contributed by atoms with van der Waals surface area (Å²) in [5.41, 5.74) is 6.63. The van der Waals surface area contributed by atoms with Crippen molar-refractivity contribution in [3.8, 4) is 11.8 Å². The highest BCUT2D eigenvalue weighted by molar-refractivity contribution is 8.04. The average molecular weight is 383 g/mol. The number of fused-ring (bicyclic) bond motifs is 2. The summed E-state index contributed by atoms with van der Waals surface area (Å²) in [5.74, 6) is -0.333. The average Bonchev–Trinajstić information content (AvgIpc) is 2.93. The first-order valence-corrected chi connectivity index (χ1v) is 10.0. The number of nitriles is 1. The number of imide groups is 1. The quantitative estimate of drug-likeness (QED) is 0.789. The van der Waals surface area contributed by atoms with Gasteiger partial charge in [-0.2, -0.15) is 5.26 Å². The molecule has 1 saturated heterocycles. The van der Waals surface area contributed by atoms with Crippen molar-refractivity contribution in [1.29, 1.82) is 5.26 Å². The van der Waals surface area contributed by atoms with Gasteiger partial charge in [-0.1, -0.05) is 31.0 Å². The summed E-state index contributed by atoms with van der Waals surface area (Å²) < 4.78 is 5.16. The van der Waals surface area contributed by atoms with Crippen LogP contribution in [0.3, 0.4) is 0 Å². The first kappa shape index (κ1) is 17.9. The monoisotopic (exact) mass is 383 g/mol. The largest absolute Gasteiger partial charge is 0.497 e. The number of hydrogen-bond acceptors (Lipinski definition) is 6. The zero-order valence-electron chi connectivity index (χ0n) is 15.1. The van der Waals surface area contributed by atoms with Crippen LogP contribution in [-0.2, 0) is 9.59 Å². The smallest absolute Gasteiger partial charge is 0.248 e. The van der Waals surface area contributed by atoms with Crippen LogP contribution >= 0.6 is 11.8 Å². The molecule has 27 heavy (non-hydrogen) atoms. The Morgan fingerprint density at radius 2 is 1.85 bits per heavy atom. The van der Waals surface area contributed by atoms with Gasteiger partial charge in [-0.15, -0.1) is 0 Å². The van der Waals surface area contributed by atoms with Gasteiger partial charge in [0.1, 0.15) is 11.0 Å². The highest BCUT2D eigenvalue weighted by Crippen LogP contribution is 2.59. The fraction of sp³-hybridized carbons (Fsp3) is 0.450. The van der Waals surface area contributed by atoms with Crippen LogP contribution < -0.4 is 15.4 Å². The number of carbonyl (C=O) groups excluding carboxylic acids is 2. The van der Waals surface area contributed by atoms with Crippen LogP contribution in [0.4, 0.5) is 5.69 Å². The van der Waals surface area contributed by atoms with Gasteiger partial charge in [-0.3, -0.25) is 9.59 Å². The molecular weight excluding hydrogens is 362 g/mol. The lowest BCUT2D eigenvalue weighted by molar-refractivity contribution is -0.124. The van der Waals surface area contributed by atoms with Gasteiger partial charge in [0.25, 0.3) is 0 Å². The molecule has 3 aliphatic rings. The molecule has 7 heteroatoms. The van der Waals surface area contributed by atoms with Gasteiger partial charge in [0.05, 0.1) is 35.4 Å². The molecule has 2 fully saturated rings. The van der Waals surface area contributed by atoms with Gasteiger partial charge < -0.3 is 10.5 Å². The van der Waals surface area contributed by atoms with Crippen LogP contribution in [0.15, 0.2) is 34.9 Å². The molecule has 1 aromatic rings. The minimum absolute atomic E-state index is 0.218. The van der Waals surface area contributed by atoms with E-state index in [4.69, 9.17) is 10.5 Å². The molecule has 2 unspecified atom stereocenters. The van der Waals surface area contributed by atoms with Gasteiger partial charge in [0.2, 0.25) is 11.8 Å². The van der Waals surface area contributed by atoms with Crippen molar-refractivity contribution < 1.29 is 14.3 Å². The van der Waals surface area contributed by atoms with E-state index >= 15 is 0 Å². The third kappa shape index (κ3) is 2.54. The van der Waals surface area contributed by atoms with Crippen LogP contribution in [0, 0.1) is 22.7 Å². The van der Waals surface area contributed by atoms with E-state index in [0.717, 1.165) is 32.1 Å². The molecule has 1 aromatic carbocycles. The number of benzene rings is 1.